The Hall–Kier alpha value is -1.65. The summed E-state index contributed by atoms with van der Waals surface area (Å²) in [5, 5.41) is 13.8. The minimum absolute atomic E-state index is 0.0614. The van der Waals surface area contributed by atoms with Crippen LogP contribution < -0.4 is 10.6 Å². The molecule has 0 aliphatic heterocycles. The zero-order chi connectivity index (χ0) is 12.7. The molecule has 0 aliphatic rings. The molecule has 0 bridgehead atoms. The van der Waals surface area contributed by atoms with Gasteiger partial charge in [0.05, 0.1) is 5.69 Å². The molecule has 1 heterocycles. The highest BCUT2D eigenvalue weighted by atomic mass is 16.1. The second kappa shape index (κ2) is 6.83. The number of anilines is 1. The van der Waals surface area contributed by atoms with Gasteiger partial charge in [-0.05, 0) is 25.0 Å². The summed E-state index contributed by atoms with van der Waals surface area (Å²) in [6.07, 6.45) is 0.447. The molecule has 0 aromatic carbocycles. The predicted molar refractivity (Wildman–Crippen MR) is 67.7 cm³/mol. The lowest BCUT2D eigenvalue weighted by Gasteiger charge is -2.08. The van der Waals surface area contributed by atoms with Gasteiger partial charge >= 0.3 is 0 Å². The number of amides is 1. The fourth-order valence-electron chi connectivity index (χ4n) is 1.20. The SMILES string of the molecule is Cc1ccc(NCCC(=O)NCC(C)C)nn1. The first-order chi connectivity index (χ1) is 8.08. The van der Waals surface area contributed by atoms with Gasteiger partial charge in [0, 0.05) is 19.5 Å². The largest absolute Gasteiger partial charge is 0.368 e. The van der Waals surface area contributed by atoms with Crippen LogP contribution in [0.3, 0.4) is 0 Å². The molecule has 2 N–H and O–H groups in total. The summed E-state index contributed by atoms with van der Waals surface area (Å²) < 4.78 is 0. The molecule has 1 aromatic heterocycles. The highest BCUT2D eigenvalue weighted by Gasteiger charge is 2.02. The van der Waals surface area contributed by atoms with Gasteiger partial charge < -0.3 is 10.6 Å². The van der Waals surface area contributed by atoms with Crippen molar-refractivity contribution in [2.75, 3.05) is 18.4 Å². The second-order valence-corrected chi connectivity index (χ2v) is 4.43. The number of nitrogens with zero attached hydrogens (tertiary/aromatic N) is 2. The van der Waals surface area contributed by atoms with Gasteiger partial charge in [-0.25, -0.2) is 0 Å². The van der Waals surface area contributed by atoms with Crippen LogP contribution in [0.2, 0.25) is 0 Å². The third kappa shape index (κ3) is 5.85. The maximum Gasteiger partial charge on any atom is 0.221 e. The molecule has 1 rings (SSSR count). The fraction of sp³-hybridized carbons (Fsp3) is 0.583. The first-order valence-corrected chi connectivity index (χ1v) is 5.89. The van der Waals surface area contributed by atoms with E-state index in [1.165, 1.54) is 0 Å². The van der Waals surface area contributed by atoms with Crippen molar-refractivity contribution in [1.29, 1.82) is 0 Å². The number of carbonyl (C=O) groups is 1. The molecule has 0 atom stereocenters. The van der Waals surface area contributed by atoms with E-state index in [9.17, 15) is 4.79 Å². The Morgan fingerprint density at radius 3 is 2.71 bits per heavy atom. The normalized spacial score (nSPS) is 10.4. The summed E-state index contributed by atoms with van der Waals surface area (Å²) in [5.74, 6) is 1.24. The smallest absolute Gasteiger partial charge is 0.221 e. The van der Waals surface area contributed by atoms with Gasteiger partial charge in [0.2, 0.25) is 5.91 Å². The molecule has 0 saturated heterocycles. The summed E-state index contributed by atoms with van der Waals surface area (Å²) in [6.45, 7) is 7.32. The Balaban J connectivity index is 2.19. The lowest BCUT2D eigenvalue weighted by atomic mass is 10.2. The monoisotopic (exact) mass is 236 g/mol. The number of hydrogen-bond acceptors (Lipinski definition) is 4. The molecular formula is C12H20N4O. The lowest BCUT2D eigenvalue weighted by Crippen LogP contribution is -2.28. The molecule has 94 valence electrons. The van der Waals surface area contributed by atoms with E-state index in [4.69, 9.17) is 0 Å². The minimum atomic E-state index is 0.0614. The van der Waals surface area contributed by atoms with Crippen LogP contribution in [0.4, 0.5) is 5.82 Å². The Bertz CT molecular complexity index is 348. The van der Waals surface area contributed by atoms with Crippen molar-refractivity contribution in [2.45, 2.75) is 27.2 Å². The quantitative estimate of drug-likeness (QED) is 0.782. The van der Waals surface area contributed by atoms with Crippen molar-refractivity contribution in [1.82, 2.24) is 15.5 Å². The molecule has 0 spiro atoms. The van der Waals surface area contributed by atoms with Crippen molar-refractivity contribution in [2.24, 2.45) is 5.92 Å². The summed E-state index contributed by atoms with van der Waals surface area (Å²) in [7, 11) is 0. The van der Waals surface area contributed by atoms with Crippen LogP contribution in [0.1, 0.15) is 26.0 Å². The molecule has 1 aromatic rings. The lowest BCUT2D eigenvalue weighted by molar-refractivity contribution is -0.120. The molecule has 0 radical (unpaired) electrons. The van der Waals surface area contributed by atoms with Crippen molar-refractivity contribution in [3.63, 3.8) is 0 Å². The molecule has 1 amide bonds. The van der Waals surface area contributed by atoms with Gasteiger partial charge in [0.1, 0.15) is 5.82 Å². The molecular weight excluding hydrogens is 216 g/mol. The fourth-order valence-corrected chi connectivity index (χ4v) is 1.20. The molecule has 17 heavy (non-hydrogen) atoms. The molecule has 0 saturated carbocycles. The van der Waals surface area contributed by atoms with Gasteiger partial charge in [0.15, 0.2) is 0 Å². The number of aryl methyl sites for hydroxylation is 1. The van der Waals surface area contributed by atoms with E-state index in [-0.39, 0.29) is 5.91 Å². The zero-order valence-corrected chi connectivity index (χ0v) is 10.7. The maximum atomic E-state index is 11.4. The summed E-state index contributed by atoms with van der Waals surface area (Å²) in [4.78, 5) is 11.4. The van der Waals surface area contributed by atoms with Crippen LogP contribution in [-0.4, -0.2) is 29.2 Å². The van der Waals surface area contributed by atoms with Gasteiger partial charge in [-0.15, -0.1) is 5.10 Å². The summed E-state index contributed by atoms with van der Waals surface area (Å²) in [6, 6.07) is 3.74. The first kappa shape index (κ1) is 13.4. The number of carbonyl (C=O) groups excluding carboxylic acids is 1. The standard InChI is InChI=1S/C12H20N4O/c1-9(2)8-14-12(17)6-7-13-11-5-4-10(3)15-16-11/h4-5,9H,6-8H2,1-3H3,(H,13,16)(H,14,17). The number of hydrogen-bond donors (Lipinski definition) is 2. The van der Waals surface area contributed by atoms with Gasteiger partial charge in [-0.2, -0.15) is 5.10 Å². The third-order valence-electron chi connectivity index (χ3n) is 2.16. The number of nitrogens with one attached hydrogen (secondary N) is 2. The van der Waals surface area contributed by atoms with Crippen LogP contribution in [0.25, 0.3) is 0 Å². The van der Waals surface area contributed by atoms with Crippen molar-refractivity contribution in [3.8, 4) is 0 Å². The second-order valence-electron chi connectivity index (χ2n) is 4.43. The average Bonchev–Trinajstić information content (AvgIpc) is 2.29. The van der Waals surface area contributed by atoms with E-state index in [0.717, 1.165) is 12.2 Å². The molecule has 0 fully saturated rings. The van der Waals surface area contributed by atoms with Gasteiger partial charge in [0.25, 0.3) is 0 Å². The van der Waals surface area contributed by atoms with Crippen LogP contribution in [0.5, 0.6) is 0 Å². The van der Waals surface area contributed by atoms with E-state index in [1.54, 1.807) is 0 Å². The number of rotatable bonds is 6. The summed E-state index contributed by atoms with van der Waals surface area (Å²) in [5.41, 5.74) is 0.880. The molecule has 0 aliphatic carbocycles. The molecule has 5 heteroatoms. The van der Waals surface area contributed by atoms with E-state index in [2.05, 4.69) is 34.7 Å². The minimum Gasteiger partial charge on any atom is -0.368 e. The predicted octanol–water partition coefficient (Wildman–Crippen LogP) is 1.36. The Kier molecular flexibility index (Phi) is 5.39. The third-order valence-corrected chi connectivity index (χ3v) is 2.16. The van der Waals surface area contributed by atoms with Crippen LogP contribution >= 0.6 is 0 Å². The maximum absolute atomic E-state index is 11.4. The first-order valence-electron chi connectivity index (χ1n) is 5.89. The number of aromatic nitrogens is 2. The highest BCUT2D eigenvalue weighted by Crippen LogP contribution is 2.00. The van der Waals surface area contributed by atoms with Crippen molar-refractivity contribution >= 4 is 11.7 Å². The highest BCUT2D eigenvalue weighted by molar-refractivity contribution is 5.76. The van der Waals surface area contributed by atoms with Gasteiger partial charge in [-0.1, -0.05) is 13.8 Å². The molecule has 5 nitrogen and oxygen atoms in total. The van der Waals surface area contributed by atoms with Gasteiger partial charge in [-0.3, -0.25) is 4.79 Å². The van der Waals surface area contributed by atoms with Crippen LogP contribution in [0, 0.1) is 12.8 Å². The summed E-state index contributed by atoms with van der Waals surface area (Å²) >= 11 is 0. The Morgan fingerprint density at radius 2 is 2.12 bits per heavy atom. The van der Waals surface area contributed by atoms with Crippen molar-refractivity contribution in [3.05, 3.63) is 17.8 Å². The van der Waals surface area contributed by atoms with E-state index >= 15 is 0 Å². The van der Waals surface area contributed by atoms with E-state index in [1.807, 2.05) is 19.1 Å². The zero-order valence-electron chi connectivity index (χ0n) is 10.7. The van der Waals surface area contributed by atoms with Crippen LogP contribution in [-0.2, 0) is 4.79 Å². The van der Waals surface area contributed by atoms with E-state index < -0.39 is 0 Å². The van der Waals surface area contributed by atoms with Crippen LogP contribution in [0.15, 0.2) is 12.1 Å². The Labute approximate surface area is 102 Å². The Morgan fingerprint density at radius 1 is 1.35 bits per heavy atom. The average molecular weight is 236 g/mol. The molecule has 0 unspecified atom stereocenters. The van der Waals surface area contributed by atoms with E-state index in [0.29, 0.717) is 24.7 Å². The topological polar surface area (TPSA) is 66.9 Å². The van der Waals surface area contributed by atoms with Crippen molar-refractivity contribution < 1.29 is 4.79 Å².